The quantitative estimate of drug-likeness (QED) is 0.750. The topological polar surface area (TPSA) is 57.6 Å². The third kappa shape index (κ3) is 3.53. The number of carbonyl (C=O) groups excluding carboxylic acids is 1. The van der Waals surface area contributed by atoms with Gasteiger partial charge in [-0.15, -0.1) is 0 Å². The number of amides is 1. The minimum absolute atomic E-state index is 0.170. The first kappa shape index (κ1) is 12.0. The largest absolute Gasteiger partial charge is 0.481 e. The monoisotopic (exact) mass is 213 g/mol. The zero-order valence-corrected chi connectivity index (χ0v) is 9.40. The van der Waals surface area contributed by atoms with Crippen LogP contribution in [0.1, 0.15) is 33.1 Å². The average Bonchev–Trinajstić information content (AvgIpc) is 2.09. The minimum atomic E-state index is -0.769. The molecule has 0 radical (unpaired) electrons. The van der Waals surface area contributed by atoms with E-state index in [1.165, 1.54) is 0 Å². The van der Waals surface area contributed by atoms with E-state index < -0.39 is 5.97 Å². The number of aliphatic carboxylic acids is 1. The van der Waals surface area contributed by atoms with Gasteiger partial charge in [0.1, 0.15) is 0 Å². The maximum Gasteiger partial charge on any atom is 0.303 e. The van der Waals surface area contributed by atoms with Crippen molar-refractivity contribution in [3.8, 4) is 0 Å². The normalized spacial score (nSPS) is 18.4. The predicted octanol–water partition coefficient (Wildman–Crippen LogP) is 1.36. The van der Waals surface area contributed by atoms with Crippen LogP contribution in [0.15, 0.2) is 0 Å². The summed E-state index contributed by atoms with van der Waals surface area (Å²) in [5, 5.41) is 8.55. The summed E-state index contributed by atoms with van der Waals surface area (Å²) in [6.45, 7) is 5.39. The molecule has 0 aromatic heterocycles. The van der Waals surface area contributed by atoms with Crippen LogP contribution in [0.25, 0.3) is 0 Å². The molecule has 15 heavy (non-hydrogen) atoms. The number of rotatable bonds is 5. The van der Waals surface area contributed by atoms with Gasteiger partial charge < -0.3 is 10.0 Å². The van der Waals surface area contributed by atoms with Crippen molar-refractivity contribution in [1.29, 1.82) is 0 Å². The first-order valence-corrected chi connectivity index (χ1v) is 5.52. The molecule has 0 aromatic carbocycles. The Labute approximate surface area is 90.3 Å². The van der Waals surface area contributed by atoms with Crippen molar-refractivity contribution in [2.75, 3.05) is 13.1 Å². The Hall–Kier alpha value is -1.06. The summed E-state index contributed by atoms with van der Waals surface area (Å²) in [7, 11) is 0. The second-order valence-corrected chi connectivity index (χ2v) is 4.48. The maximum absolute atomic E-state index is 11.6. The Morgan fingerprint density at radius 2 is 2.07 bits per heavy atom. The molecule has 1 fully saturated rings. The lowest BCUT2D eigenvalue weighted by Gasteiger charge is -2.39. The number of hydrogen-bond acceptors (Lipinski definition) is 2. The van der Waals surface area contributed by atoms with Gasteiger partial charge in [-0.05, 0) is 5.92 Å². The number of carbonyl (C=O) groups is 2. The number of hydrogen-bond donors (Lipinski definition) is 1. The lowest BCUT2D eigenvalue weighted by Crippen LogP contribution is -2.50. The summed E-state index contributed by atoms with van der Waals surface area (Å²) in [4.78, 5) is 23.8. The van der Waals surface area contributed by atoms with E-state index >= 15 is 0 Å². The molecule has 1 N–H and O–H groups in total. The summed E-state index contributed by atoms with van der Waals surface area (Å²) >= 11 is 0. The van der Waals surface area contributed by atoms with Gasteiger partial charge in [-0.2, -0.15) is 0 Å². The zero-order chi connectivity index (χ0) is 11.4. The van der Waals surface area contributed by atoms with Crippen LogP contribution in [0.3, 0.4) is 0 Å². The molecule has 1 amide bonds. The maximum atomic E-state index is 11.6. The highest BCUT2D eigenvalue weighted by Crippen LogP contribution is 2.21. The molecule has 0 aromatic rings. The molecule has 1 saturated heterocycles. The lowest BCUT2D eigenvalue weighted by atomic mass is 9.94. The molecule has 0 saturated carbocycles. The predicted molar refractivity (Wildman–Crippen MR) is 56.4 cm³/mol. The number of carboxylic acids is 1. The van der Waals surface area contributed by atoms with Crippen molar-refractivity contribution in [2.24, 2.45) is 11.8 Å². The van der Waals surface area contributed by atoms with E-state index in [-0.39, 0.29) is 18.2 Å². The summed E-state index contributed by atoms with van der Waals surface area (Å²) in [5.74, 6) is -0.000537. The van der Waals surface area contributed by atoms with Crippen LogP contribution < -0.4 is 0 Å². The second-order valence-electron chi connectivity index (χ2n) is 4.48. The van der Waals surface area contributed by atoms with Gasteiger partial charge in [-0.3, -0.25) is 9.59 Å². The van der Waals surface area contributed by atoms with Gasteiger partial charge >= 0.3 is 5.97 Å². The van der Waals surface area contributed by atoms with Crippen LogP contribution >= 0.6 is 0 Å². The van der Waals surface area contributed by atoms with Crippen molar-refractivity contribution in [1.82, 2.24) is 4.90 Å². The Balaban J connectivity index is 2.20. The zero-order valence-electron chi connectivity index (χ0n) is 9.40. The van der Waals surface area contributed by atoms with Crippen molar-refractivity contribution in [3.05, 3.63) is 0 Å². The van der Waals surface area contributed by atoms with E-state index in [1.54, 1.807) is 4.90 Å². The van der Waals surface area contributed by atoms with Crippen molar-refractivity contribution in [2.45, 2.75) is 33.1 Å². The van der Waals surface area contributed by atoms with E-state index in [0.29, 0.717) is 25.4 Å². The molecular weight excluding hydrogens is 194 g/mol. The van der Waals surface area contributed by atoms with Gasteiger partial charge in [0.15, 0.2) is 0 Å². The van der Waals surface area contributed by atoms with Gasteiger partial charge in [0.2, 0.25) is 5.91 Å². The van der Waals surface area contributed by atoms with Crippen molar-refractivity contribution >= 4 is 11.9 Å². The molecule has 1 aliphatic heterocycles. The third-order valence-corrected chi connectivity index (χ3v) is 2.99. The molecule has 1 aliphatic rings. The molecule has 1 heterocycles. The summed E-state index contributed by atoms with van der Waals surface area (Å²) in [5.41, 5.74) is 0. The molecule has 4 nitrogen and oxygen atoms in total. The highest BCUT2D eigenvalue weighted by molar-refractivity contribution is 5.77. The number of carboxylic acid groups (broad SMARTS) is 1. The number of likely N-dealkylation sites (tertiary alicyclic amines) is 1. The van der Waals surface area contributed by atoms with Crippen LogP contribution in [0, 0.1) is 11.8 Å². The molecular formula is C11H19NO3. The van der Waals surface area contributed by atoms with E-state index in [1.807, 2.05) is 0 Å². The SMILES string of the molecule is CCC(C)CC(=O)N1CC(CC(=O)O)C1. The fourth-order valence-corrected chi connectivity index (χ4v) is 1.72. The van der Waals surface area contributed by atoms with Gasteiger partial charge in [0.05, 0.1) is 6.42 Å². The van der Waals surface area contributed by atoms with Crippen molar-refractivity contribution in [3.63, 3.8) is 0 Å². The molecule has 1 atom stereocenters. The Morgan fingerprint density at radius 1 is 1.47 bits per heavy atom. The third-order valence-electron chi connectivity index (χ3n) is 2.99. The van der Waals surface area contributed by atoms with Crippen LogP contribution in [0.4, 0.5) is 0 Å². The summed E-state index contributed by atoms with van der Waals surface area (Å²) < 4.78 is 0. The van der Waals surface area contributed by atoms with Gasteiger partial charge in [-0.1, -0.05) is 20.3 Å². The second kappa shape index (κ2) is 5.14. The average molecular weight is 213 g/mol. The molecule has 86 valence electrons. The van der Waals surface area contributed by atoms with E-state index in [9.17, 15) is 9.59 Å². The molecule has 0 bridgehead atoms. The Bertz CT molecular complexity index is 246. The first-order chi connectivity index (χ1) is 7.02. The van der Waals surface area contributed by atoms with Gasteiger partial charge in [0, 0.05) is 25.4 Å². The first-order valence-electron chi connectivity index (χ1n) is 5.52. The molecule has 4 heteroatoms. The fourth-order valence-electron chi connectivity index (χ4n) is 1.72. The van der Waals surface area contributed by atoms with Crippen LogP contribution in [-0.2, 0) is 9.59 Å². The van der Waals surface area contributed by atoms with Crippen LogP contribution in [0.5, 0.6) is 0 Å². The molecule has 0 spiro atoms. The summed E-state index contributed by atoms with van der Waals surface area (Å²) in [6.07, 6.45) is 1.79. The van der Waals surface area contributed by atoms with Crippen LogP contribution in [0.2, 0.25) is 0 Å². The van der Waals surface area contributed by atoms with Crippen molar-refractivity contribution < 1.29 is 14.7 Å². The standard InChI is InChI=1S/C11H19NO3/c1-3-8(2)4-10(13)12-6-9(7-12)5-11(14)15/h8-9H,3-7H2,1-2H3,(H,14,15). The Morgan fingerprint density at radius 3 is 2.53 bits per heavy atom. The number of nitrogens with zero attached hydrogens (tertiary/aromatic N) is 1. The minimum Gasteiger partial charge on any atom is -0.481 e. The van der Waals surface area contributed by atoms with Crippen LogP contribution in [-0.4, -0.2) is 35.0 Å². The fraction of sp³-hybridized carbons (Fsp3) is 0.818. The van der Waals surface area contributed by atoms with Gasteiger partial charge in [-0.25, -0.2) is 0 Å². The summed E-state index contributed by atoms with van der Waals surface area (Å²) in [6, 6.07) is 0. The highest BCUT2D eigenvalue weighted by atomic mass is 16.4. The van der Waals surface area contributed by atoms with E-state index in [0.717, 1.165) is 6.42 Å². The van der Waals surface area contributed by atoms with Gasteiger partial charge in [0.25, 0.3) is 0 Å². The molecule has 1 rings (SSSR count). The van der Waals surface area contributed by atoms with E-state index in [2.05, 4.69) is 13.8 Å². The van der Waals surface area contributed by atoms with E-state index in [4.69, 9.17) is 5.11 Å². The lowest BCUT2D eigenvalue weighted by molar-refractivity contribution is -0.145. The molecule has 0 aliphatic carbocycles. The molecule has 1 unspecified atom stereocenters. The Kier molecular flexibility index (Phi) is 4.12. The highest BCUT2D eigenvalue weighted by Gasteiger charge is 2.31. The smallest absolute Gasteiger partial charge is 0.303 e.